The Balaban J connectivity index is 3.00. The summed E-state index contributed by atoms with van der Waals surface area (Å²) >= 11 is 0. The minimum Gasteiger partial charge on any atom is -0.274 e. The summed E-state index contributed by atoms with van der Waals surface area (Å²) in [6.07, 6.45) is 0. The van der Waals surface area contributed by atoms with Crippen molar-refractivity contribution in [2.45, 2.75) is 25.7 Å². The van der Waals surface area contributed by atoms with E-state index in [0.717, 1.165) is 11.1 Å². The second-order valence-corrected chi connectivity index (χ2v) is 5.95. The van der Waals surface area contributed by atoms with Crippen molar-refractivity contribution >= 4 is 15.9 Å². The van der Waals surface area contributed by atoms with Gasteiger partial charge in [0.05, 0.1) is 10.8 Å². The monoisotopic (exact) mass is 273 g/mol. The summed E-state index contributed by atoms with van der Waals surface area (Å²) in [5.41, 5.74) is 1.77. The lowest BCUT2D eigenvalue weighted by Gasteiger charge is -2.10. The summed E-state index contributed by atoms with van der Waals surface area (Å²) in [5, 5.41) is 0. The fourth-order valence-electron chi connectivity index (χ4n) is 1.24. The van der Waals surface area contributed by atoms with Gasteiger partial charge >= 0.3 is 0 Å². The fraction of sp³-hybridized carbons (Fsp3) is 0.417. The highest BCUT2D eigenvalue weighted by atomic mass is 32.2. The molecule has 1 N–H and O–H groups in total. The Labute approximate surface area is 106 Å². The molecule has 0 aliphatic heterocycles. The maximum absolute atomic E-state index is 12.3. The Morgan fingerprint density at radius 3 is 2.44 bits per heavy atom. The smallest absolute Gasteiger partial charge is 0.264 e. The molecule has 1 unspecified atom stereocenters. The topological polar surface area (TPSA) is 63.2 Å². The van der Waals surface area contributed by atoms with Crippen molar-refractivity contribution < 1.29 is 17.6 Å². The van der Waals surface area contributed by atoms with Crippen molar-refractivity contribution in [1.29, 1.82) is 0 Å². The van der Waals surface area contributed by atoms with Gasteiger partial charge in [0.15, 0.2) is 0 Å². The van der Waals surface area contributed by atoms with Gasteiger partial charge in [0, 0.05) is 0 Å². The van der Waals surface area contributed by atoms with Gasteiger partial charge in [-0.1, -0.05) is 13.0 Å². The molecule has 0 radical (unpaired) electrons. The van der Waals surface area contributed by atoms with Crippen molar-refractivity contribution in [3.8, 4) is 0 Å². The highest BCUT2D eigenvalue weighted by molar-refractivity contribution is 7.90. The molecule has 0 aliphatic rings. The molecule has 1 aromatic rings. The van der Waals surface area contributed by atoms with Gasteiger partial charge in [-0.2, -0.15) is 0 Å². The van der Waals surface area contributed by atoms with Crippen molar-refractivity contribution in [2.75, 3.05) is 6.67 Å². The number of alkyl halides is 1. The van der Waals surface area contributed by atoms with Crippen LogP contribution < -0.4 is 4.72 Å². The molecule has 0 heterocycles. The standard InChI is InChI=1S/C12H16FNO3S/c1-8-4-5-11(6-9(8)2)18(16,17)14-12(15)10(3)7-13/h4-6,10H,7H2,1-3H3,(H,14,15). The van der Waals surface area contributed by atoms with Gasteiger partial charge in [0.2, 0.25) is 5.91 Å². The van der Waals surface area contributed by atoms with E-state index in [9.17, 15) is 17.6 Å². The summed E-state index contributed by atoms with van der Waals surface area (Å²) in [7, 11) is -3.92. The number of rotatable bonds is 4. The molecule has 0 aromatic heterocycles. The normalized spacial score (nSPS) is 13.1. The molecule has 0 saturated heterocycles. The van der Waals surface area contributed by atoms with E-state index in [1.54, 1.807) is 13.0 Å². The zero-order valence-electron chi connectivity index (χ0n) is 10.5. The molecule has 1 atom stereocenters. The Kier molecular flexibility index (Phi) is 4.45. The van der Waals surface area contributed by atoms with E-state index in [2.05, 4.69) is 0 Å². The van der Waals surface area contributed by atoms with Crippen LogP contribution in [0.5, 0.6) is 0 Å². The zero-order valence-corrected chi connectivity index (χ0v) is 11.3. The van der Waals surface area contributed by atoms with Crippen LogP contribution in [0.4, 0.5) is 4.39 Å². The average Bonchev–Trinajstić information content (AvgIpc) is 2.30. The predicted octanol–water partition coefficient (Wildman–Crippen LogP) is 1.71. The molecular formula is C12H16FNO3S. The van der Waals surface area contributed by atoms with Crippen LogP contribution in [0.3, 0.4) is 0 Å². The number of halogens is 1. The fourth-order valence-corrected chi connectivity index (χ4v) is 2.41. The molecule has 0 bridgehead atoms. The van der Waals surface area contributed by atoms with Crippen LogP contribution in [-0.2, 0) is 14.8 Å². The maximum atomic E-state index is 12.3. The highest BCUT2D eigenvalue weighted by Crippen LogP contribution is 2.14. The van der Waals surface area contributed by atoms with E-state index in [4.69, 9.17) is 0 Å². The number of aryl methyl sites for hydroxylation is 2. The summed E-state index contributed by atoms with van der Waals surface area (Å²) in [6.45, 7) is 4.06. The van der Waals surface area contributed by atoms with E-state index in [1.165, 1.54) is 19.1 Å². The minimum absolute atomic E-state index is 0.00464. The predicted molar refractivity (Wildman–Crippen MR) is 66.4 cm³/mol. The first-order valence-electron chi connectivity index (χ1n) is 5.48. The van der Waals surface area contributed by atoms with Gasteiger partial charge in [0.25, 0.3) is 10.0 Å². The molecular weight excluding hydrogens is 257 g/mol. The number of benzene rings is 1. The third-order valence-electron chi connectivity index (χ3n) is 2.70. The molecule has 0 fully saturated rings. The molecule has 1 aromatic carbocycles. The molecule has 4 nitrogen and oxygen atoms in total. The van der Waals surface area contributed by atoms with E-state index in [-0.39, 0.29) is 4.90 Å². The number of hydrogen-bond acceptors (Lipinski definition) is 3. The Bertz CT molecular complexity index is 554. The SMILES string of the molecule is Cc1ccc(S(=O)(=O)NC(=O)C(C)CF)cc1C. The van der Waals surface area contributed by atoms with Gasteiger partial charge in [-0.15, -0.1) is 0 Å². The number of hydrogen-bond donors (Lipinski definition) is 1. The lowest BCUT2D eigenvalue weighted by atomic mass is 10.1. The number of nitrogens with one attached hydrogen (secondary N) is 1. The van der Waals surface area contributed by atoms with Crippen LogP contribution in [0.1, 0.15) is 18.1 Å². The molecule has 18 heavy (non-hydrogen) atoms. The minimum atomic E-state index is -3.92. The van der Waals surface area contributed by atoms with Gasteiger partial charge < -0.3 is 0 Å². The van der Waals surface area contributed by atoms with Crippen molar-refractivity contribution in [3.63, 3.8) is 0 Å². The average molecular weight is 273 g/mol. The lowest BCUT2D eigenvalue weighted by molar-refractivity contribution is -0.123. The van der Waals surface area contributed by atoms with Crippen LogP contribution in [0.25, 0.3) is 0 Å². The van der Waals surface area contributed by atoms with Crippen LogP contribution in [0.15, 0.2) is 23.1 Å². The molecule has 1 rings (SSSR count). The van der Waals surface area contributed by atoms with Crippen LogP contribution in [0, 0.1) is 19.8 Å². The van der Waals surface area contributed by atoms with Gasteiger partial charge in [-0.05, 0) is 37.1 Å². The second-order valence-electron chi connectivity index (χ2n) is 4.27. The first-order valence-corrected chi connectivity index (χ1v) is 6.96. The second kappa shape index (κ2) is 5.48. The number of carbonyl (C=O) groups excluding carboxylic acids is 1. The van der Waals surface area contributed by atoms with Gasteiger partial charge in [-0.25, -0.2) is 13.1 Å². The van der Waals surface area contributed by atoms with Gasteiger partial charge in [0.1, 0.15) is 6.67 Å². The number of carbonyl (C=O) groups is 1. The van der Waals surface area contributed by atoms with E-state index < -0.39 is 28.5 Å². The van der Waals surface area contributed by atoms with Crippen LogP contribution >= 0.6 is 0 Å². The third-order valence-corrected chi connectivity index (χ3v) is 4.05. The van der Waals surface area contributed by atoms with Crippen molar-refractivity contribution in [1.82, 2.24) is 4.72 Å². The molecule has 100 valence electrons. The first-order chi connectivity index (χ1) is 8.27. The first kappa shape index (κ1) is 14.6. The summed E-state index contributed by atoms with van der Waals surface area (Å²) in [5.74, 6) is -1.82. The zero-order chi connectivity index (χ0) is 13.9. The van der Waals surface area contributed by atoms with E-state index in [0.29, 0.717) is 0 Å². The summed E-state index contributed by atoms with van der Waals surface area (Å²) in [6, 6.07) is 4.55. The molecule has 1 amide bonds. The quantitative estimate of drug-likeness (QED) is 0.908. The Hall–Kier alpha value is -1.43. The molecule has 0 spiro atoms. The van der Waals surface area contributed by atoms with E-state index in [1.807, 2.05) is 11.6 Å². The van der Waals surface area contributed by atoms with Gasteiger partial charge in [-0.3, -0.25) is 9.18 Å². The summed E-state index contributed by atoms with van der Waals surface area (Å²) < 4.78 is 37.9. The highest BCUT2D eigenvalue weighted by Gasteiger charge is 2.21. The Morgan fingerprint density at radius 1 is 1.33 bits per heavy atom. The van der Waals surface area contributed by atoms with Crippen molar-refractivity contribution in [3.05, 3.63) is 29.3 Å². The van der Waals surface area contributed by atoms with Crippen LogP contribution in [0.2, 0.25) is 0 Å². The Morgan fingerprint density at radius 2 is 1.94 bits per heavy atom. The largest absolute Gasteiger partial charge is 0.274 e. The summed E-state index contributed by atoms with van der Waals surface area (Å²) in [4.78, 5) is 11.4. The van der Waals surface area contributed by atoms with E-state index >= 15 is 0 Å². The molecule has 6 heteroatoms. The molecule has 0 aliphatic carbocycles. The maximum Gasteiger partial charge on any atom is 0.264 e. The third kappa shape index (κ3) is 3.29. The lowest BCUT2D eigenvalue weighted by Crippen LogP contribution is -2.35. The van der Waals surface area contributed by atoms with Crippen molar-refractivity contribution in [2.24, 2.45) is 5.92 Å². The number of amides is 1. The molecule has 0 saturated carbocycles. The van der Waals surface area contributed by atoms with Crippen LogP contribution in [-0.4, -0.2) is 21.0 Å². The number of sulfonamides is 1.